The Morgan fingerprint density at radius 3 is 2.55 bits per heavy atom. The van der Waals surface area contributed by atoms with Crippen molar-refractivity contribution in [3.63, 3.8) is 0 Å². The Hall–Kier alpha value is -2.62. The van der Waals surface area contributed by atoms with E-state index >= 15 is 0 Å². The second kappa shape index (κ2) is 6.43. The third kappa shape index (κ3) is 3.17. The minimum atomic E-state index is -0.234. The van der Waals surface area contributed by atoms with Crippen LogP contribution >= 0.6 is 0 Å². The first-order valence-electron chi connectivity index (χ1n) is 7.44. The first-order chi connectivity index (χ1) is 10.7. The maximum atomic E-state index is 12.0. The maximum Gasteiger partial charge on any atom is 0.251 e. The van der Waals surface area contributed by atoms with Crippen LogP contribution in [0.2, 0.25) is 0 Å². The zero-order chi connectivity index (χ0) is 15.4. The van der Waals surface area contributed by atoms with Gasteiger partial charge in [-0.2, -0.15) is 0 Å². The number of benzene rings is 2. The lowest BCUT2D eigenvalue weighted by molar-refractivity contribution is -0.120. The van der Waals surface area contributed by atoms with Gasteiger partial charge in [-0.3, -0.25) is 9.59 Å². The predicted molar refractivity (Wildman–Crippen MR) is 84.4 cm³/mol. The van der Waals surface area contributed by atoms with Crippen molar-refractivity contribution >= 4 is 11.8 Å². The topological polar surface area (TPSA) is 58.2 Å². The highest BCUT2D eigenvalue weighted by molar-refractivity contribution is 5.96. The molecule has 1 aliphatic carbocycles. The van der Waals surface area contributed by atoms with Crippen LogP contribution in [0.15, 0.2) is 54.6 Å². The summed E-state index contributed by atoms with van der Waals surface area (Å²) in [6.45, 7) is -0.00755. The fourth-order valence-corrected chi connectivity index (χ4v) is 2.80. The standard InChI is InChI=1S/C18H18N2O2/c21-17(12-19-18(22)14-7-2-1-3-8-14)20-16-11-10-13-6-4-5-9-15(13)16/h1-9,16H,10-12H2,(H,19,22)(H,20,21)/t16-/m0/s1. The Morgan fingerprint density at radius 1 is 1.00 bits per heavy atom. The molecule has 0 unspecified atom stereocenters. The zero-order valence-electron chi connectivity index (χ0n) is 12.2. The van der Waals surface area contributed by atoms with Crippen molar-refractivity contribution in [3.05, 3.63) is 71.3 Å². The van der Waals surface area contributed by atoms with Crippen molar-refractivity contribution in [2.75, 3.05) is 6.54 Å². The predicted octanol–water partition coefficient (Wildman–Crippen LogP) is 2.22. The minimum Gasteiger partial charge on any atom is -0.348 e. The summed E-state index contributed by atoms with van der Waals surface area (Å²) in [6.07, 6.45) is 1.90. The summed E-state index contributed by atoms with van der Waals surface area (Å²) in [5.41, 5.74) is 3.04. The third-order valence-corrected chi connectivity index (χ3v) is 3.91. The molecule has 2 aromatic rings. The van der Waals surface area contributed by atoms with Gasteiger partial charge in [0, 0.05) is 5.56 Å². The molecule has 1 aliphatic rings. The number of fused-ring (bicyclic) bond motifs is 1. The van der Waals surface area contributed by atoms with Crippen LogP contribution in [0.4, 0.5) is 0 Å². The molecular weight excluding hydrogens is 276 g/mol. The van der Waals surface area contributed by atoms with Gasteiger partial charge >= 0.3 is 0 Å². The molecule has 4 heteroatoms. The van der Waals surface area contributed by atoms with E-state index in [1.807, 2.05) is 18.2 Å². The lowest BCUT2D eigenvalue weighted by Gasteiger charge is -2.14. The minimum absolute atomic E-state index is 0.00755. The number of hydrogen-bond donors (Lipinski definition) is 2. The molecule has 22 heavy (non-hydrogen) atoms. The molecular formula is C18H18N2O2. The summed E-state index contributed by atoms with van der Waals surface area (Å²) < 4.78 is 0. The molecule has 2 amide bonds. The summed E-state index contributed by atoms with van der Waals surface area (Å²) in [5, 5.41) is 5.63. The van der Waals surface area contributed by atoms with Gasteiger partial charge in [-0.15, -0.1) is 0 Å². The molecule has 0 saturated heterocycles. The van der Waals surface area contributed by atoms with Crippen LogP contribution in [-0.4, -0.2) is 18.4 Å². The van der Waals surface area contributed by atoms with Gasteiger partial charge in [0.25, 0.3) is 5.91 Å². The zero-order valence-corrected chi connectivity index (χ0v) is 12.2. The monoisotopic (exact) mass is 294 g/mol. The summed E-state index contributed by atoms with van der Waals surface area (Å²) in [6, 6.07) is 17.1. The second-order valence-corrected chi connectivity index (χ2v) is 5.41. The average molecular weight is 294 g/mol. The van der Waals surface area contributed by atoms with Gasteiger partial charge in [-0.05, 0) is 36.1 Å². The summed E-state index contributed by atoms with van der Waals surface area (Å²) in [4.78, 5) is 23.9. The number of amides is 2. The molecule has 4 nitrogen and oxygen atoms in total. The first-order valence-corrected chi connectivity index (χ1v) is 7.44. The summed E-state index contributed by atoms with van der Waals surface area (Å²) >= 11 is 0. The highest BCUT2D eigenvalue weighted by atomic mass is 16.2. The molecule has 0 fully saturated rings. The second-order valence-electron chi connectivity index (χ2n) is 5.41. The van der Waals surface area contributed by atoms with Crippen LogP contribution in [0.3, 0.4) is 0 Å². The van der Waals surface area contributed by atoms with Crippen LogP contribution in [0.25, 0.3) is 0 Å². The van der Waals surface area contributed by atoms with Crippen molar-refractivity contribution in [3.8, 4) is 0 Å². The SMILES string of the molecule is O=C(CNC(=O)c1ccccc1)N[C@H]1CCc2ccccc21. The summed E-state index contributed by atoms with van der Waals surface area (Å²) in [7, 11) is 0. The quantitative estimate of drug-likeness (QED) is 0.908. The van der Waals surface area contributed by atoms with E-state index in [0.29, 0.717) is 5.56 Å². The van der Waals surface area contributed by atoms with E-state index in [1.165, 1.54) is 11.1 Å². The Kier molecular flexibility index (Phi) is 4.19. The third-order valence-electron chi connectivity index (χ3n) is 3.91. The fourth-order valence-electron chi connectivity index (χ4n) is 2.80. The molecule has 0 saturated carbocycles. The number of rotatable bonds is 4. The van der Waals surface area contributed by atoms with Crippen molar-refractivity contribution in [1.29, 1.82) is 0 Å². The smallest absolute Gasteiger partial charge is 0.251 e. The molecule has 1 atom stereocenters. The Bertz CT molecular complexity index is 682. The number of nitrogens with one attached hydrogen (secondary N) is 2. The van der Waals surface area contributed by atoms with E-state index in [4.69, 9.17) is 0 Å². The van der Waals surface area contributed by atoms with Crippen molar-refractivity contribution in [2.45, 2.75) is 18.9 Å². The van der Waals surface area contributed by atoms with E-state index in [0.717, 1.165) is 12.8 Å². The van der Waals surface area contributed by atoms with Gasteiger partial charge in [-0.1, -0.05) is 42.5 Å². The van der Waals surface area contributed by atoms with Gasteiger partial charge in [0.15, 0.2) is 0 Å². The van der Waals surface area contributed by atoms with Gasteiger partial charge in [0.2, 0.25) is 5.91 Å². The van der Waals surface area contributed by atoms with E-state index in [1.54, 1.807) is 24.3 Å². The van der Waals surface area contributed by atoms with Crippen LogP contribution in [-0.2, 0) is 11.2 Å². The molecule has 2 N–H and O–H groups in total. The largest absolute Gasteiger partial charge is 0.348 e. The van der Waals surface area contributed by atoms with Crippen molar-refractivity contribution in [2.24, 2.45) is 0 Å². The number of carbonyl (C=O) groups excluding carboxylic acids is 2. The molecule has 0 radical (unpaired) electrons. The van der Waals surface area contributed by atoms with Crippen molar-refractivity contribution < 1.29 is 9.59 Å². The molecule has 0 heterocycles. The molecule has 0 aromatic heterocycles. The van der Waals surface area contributed by atoms with E-state index < -0.39 is 0 Å². The van der Waals surface area contributed by atoms with E-state index in [-0.39, 0.29) is 24.4 Å². The maximum absolute atomic E-state index is 12.0. The molecule has 0 bridgehead atoms. The van der Waals surface area contributed by atoms with Crippen LogP contribution < -0.4 is 10.6 Å². The Balaban J connectivity index is 1.53. The normalized spacial score (nSPS) is 15.9. The molecule has 112 valence electrons. The Morgan fingerprint density at radius 2 is 1.73 bits per heavy atom. The van der Waals surface area contributed by atoms with Crippen molar-refractivity contribution in [1.82, 2.24) is 10.6 Å². The van der Waals surface area contributed by atoms with Crippen LogP contribution in [0, 0.1) is 0 Å². The Labute approximate surface area is 129 Å². The lowest BCUT2D eigenvalue weighted by Crippen LogP contribution is -2.38. The molecule has 0 aliphatic heterocycles. The fraction of sp³-hybridized carbons (Fsp3) is 0.222. The van der Waals surface area contributed by atoms with Crippen LogP contribution in [0.1, 0.15) is 33.9 Å². The first kappa shape index (κ1) is 14.3. The van der Waals surface area contributed by atoms with Crippen LogP contribution in [0.5, 0.6) is 0 Å². The van der Waals surface area contributed by atoms with Gasteiger partial charge in [0.05, 0.1) is 12.6 Å². The van der Waals surface area contributed by atoms with Gasteiger partial charge < -0.3 is 10.6 Å². The van der Waals surface area contributed by atoms with Gasteiger partial charge in [0.1, 0.15) is 0 Å². The average Bonchev–Trinajstić information content (AvgIpc) is 2.97. The number of hydrogen-bond acceptors (Lipinski definition) is 2. The summed E-state index contributed by atoms with van der Waals surface area (Å²) in [5.74, 6) is -0.395. The number of aryl methyl sites for hydroxylation is 1. The highest BCUT2D eigenvalue weighted by Gasteiger charge is 2.23. The molecule has 3 rings (SSSR count). The molecule has 0 spiro atoms. The van der Waals surface area contributed by atoms with E-state index in [2.05, 4.69) is 22.8 Å². The lowest BCUT2D eigenvalue weighted by atomic mass is 10.1. The van der Waals surface area contributed by atoms with Gasteiger partial charge in [-0.25, -0.2) is 0 Å². The molecule has 2 aromatic carbocycles. The number of carbonyl (C=O) groups is 2. The highest BCUT2D eigenvalue weighted by Crippen LogP contribution is 2.30. The van der Waals surface area contributed by atoms with E-state index in [9.17, 15) is 9.59 Å².